The van der Waals surface area contributed by atoms with Crippen molar-refractivity contribution in [3.63, 3.8) is 0 Å². The van der Waals surface area contributed by atoms with E-state index >= 15 is 0 Å². The molecular formula is C10H14N4O2. The second-order valence-electron chi connectivity index (χ2n) is 3.90. The summed E-state index contributed by atoms with van der Waals surface area (Å²) in [6.07, 6.45) is 2.48. The number of hydrogen-bond acceptors (Lipinski definition) is 4. The second-order valence-corrected chi connectivity index (χ2v) is 3.90. The standard InChI is InChI=1S/C10H14N4O2/c1-7-6-14(3-2-11-7)10(16)8-4-13-9(15)5-12-8/h4-5,7,11H,2-3,6H2,1H3,(H,13,15)/t7-/m1/s1. The van der Waals surface area contributed by atoms with Crippen molar-refractivity contribution in [3.05, 3.63) is 28.4 Å². The van der Waals surface area contributed by atoms with Crippen molar-refractivity contribution in [1.29, 1.82) is 0 Å². The fourth-order valence-corrected chi connectivity index (χ4v) is 1.74. The molecule has 0 aromatic carbocycles. The van der Waals surface area contributed by atoms with E-state index in [0.29, 0.717) is 19.1 Å². The highest BCUT2D eigenvalue weighted by atomic mass is 16.2. The number of aromatic amines is 1. The molecule has 2 heterocycles. The molecule has 1 amide bonds. The smallest absolute Gasteiger partial charge is 0.274 e. The fraction of sp³-hybridized carbons (Fsp3) is 0.500. The van der Waals surface area contributed by atoms with E-state index in [9.17, 15) is 9.59 Å². The monoisotopic (exact) mass is 222 g/mol. The second kappa shape index (κ2) is 4.44. The molecule has 1 aromatic rings. The number of carbonyl (C=O) groups is 1. The molecule has 0 saturated carbocycles. The molecule has 1 aromatic heterocycles. The van der Waals surface area contributed by atoms with Gasteiger partial charge in [0, 0.05) is 31.9 Å². The van der Waals surface area contributed by atoms with Gasteiger partial charge in [-0.25, -0.2) is 4.98 Å². The van der Waals surface area contributed by atoms with Crippen molar-refractivity contribution in [2.24, 2.45) is 0 Å². The van der Waals surface area contributed by atoms with Gasteiger partial charge >= 0.3 is 0 Å². The van der Waals surface area contributed by atoms with Crippen LogP contribution in [0.4, 0.5) is 0 Å². The summed E-state index contributed by atoms with van der Waals surface area (Å²) in [6.45, 7) is 4.15. The molecule has 0 aliphatic carbocycles. The molecule has 86 valence electrons. The van der Waals surface area contributed by atoms with Gasteiger partial charge in [-0.15, -0.1) is 0 Å². The summed E-state index contributed by atoms with van der Waals surface area (Å²) in [4.78, 5) is 30.8. The zero-order valence-corrected chi connectivity index (χ0v) is 9.06. The summed E-state index contributed by atoms with van der Waals surface area (Å²) < 4.78 is 0. The lowest BCUT2D eigenvalue weighted by Gasteiger charge is -2.31. The number of H-pyrrole nitrogens is 1. The van der Waals surface area contributed by atoms with E-state index in [-0.39, 0.29) is 17.2 Å². The van der Waals surface area contributed by atoms with Gasteiger partial charge in [0.25, 0.3) is 11.5 Å². The minimum absolute atomic E-state index is 0.135. The Labute approximate surface area is 92.7 Å². The van der Waals surface area contributed by atoms with E-state index in [2.05, 4.69) is 15.3 Å². The lowest BCUT2D eigenvalue weighted by molar-refractivity contribution is 0.0702. The Bertz CT molecular complexity index is 422. The van der Waals surface area contributed by atoms with E-state index in [4.69, 9.17) is 0 Å². The van der Waals surface area contributed by atoms with Gasteiger partial charge in [0.15, 0.2) is 0 Å². The molecular weight excluding hydrogens is 208 g/mol. The molecule has 1 aliphatic rings. The quantitative estimate of drug-likeness (QED) is 0.652. The number of nitrogens with zero attached hydrogens (tertiary/aromatic N) is 2. The maximum atomic E-state index is 12.0. The van der Waals surface area contributed by atoms with Crippen molar-refractivity contribution in [2.75, 3.05) is 19.6 Å². The van der Waals surface area contributed by atoms with Crippen molar-refractivity contribution < 1.29 is 4.79 Å². The van der Waals surface area contributed by atoms with E-state index in [0.717, 1.165) is 12.7 Å². The van der Waals surface area contributed by atoms with Gasteiger partial charge in [0.2, 0.25) is 0 Å². The van der Waals surface area contributed by atoms with Crippen LogP contribution in [0.25, 0.3) is 0 Å². The van der Waals surface area contributed by atoms with Gasteiger partial charge in [0.05, 0.1) is 6.20 Å². The average molecular weight is 222 g/mol. The van der Waals surface area contributed by atoms with E-state index < -0.39 is 0 Å². The highest BCUT2D eigenvalue weighted by molar-refractivity contribution is 5.92. The first kappa shape index (κ1) is 10.8. The molecule has 0 bridgehead atoms. The maximum absolute atomic E-state index is 12.0. The third-order valence-corrected chi connectivity index (χ3v) is 2.55. The van der Waals surface area contributed by atoms with Gasteiger partial charge < -0.3 is 15.2 Å². The maximum Gasteiger partial charge on any atom is 0.274 e. The molecule has 2 rings (SSSR count). The number of piperazine rings is 1. The van der Waals surface area contributed by atoms with Gasteiger partial charge in [-0.1, -0.05) is 0 Å². The molecule has 1 aliphatic heterocycles. The van der Waals surface area contributed by atoms with Crippen molar-refractivity contribution in [3.8, 4) is 0 Å². The van der Waals surface area contributed by atoms with Gasteiger partial charge in [0.1, 0.15) is 5.69 Å². The number of aromatic nitrogens is 2. The predicted octanol–water partition coefficient (Wildman–Crippen LogP) is -0.796. The Hall–Kier alpha value is -1.69. The van der Waals surface area contributed by atoms with Crippen LogP contribution in [0.2, 0.25) is 0 Å². The normalized spacial score (nSPS) is 20.8. The van der Waals surface area contributed by atoms with Crippen LogP contribution in [0.15, 0.2) is 17.2 Å². The van der Waals surface area contributed by atoms with Gasteiger partial charge in [-0.2, -0.15) is 0 Å². The van der Waals surface area contributed by atoms with Crippen LogP contribution in [-0.2, 0) is 0 Å². The largest absolute Gasteiger partial charge is 0.334 e. The fourth-order valence-electron chi connectivity index (χ4n) is 1.74. The van der Waals surface area contributed by atoms with Crippen molar-refractivity contribution in [1.82, 2.24) is 20.2 Å². The van der Waals surface area contributed by atoms with Gasteiger partial charge in [-0.3, -0.25) is 9.59 Å². The van der Waals surface area contributed by atoms with Crippen LogP contribution >= 0.6 is 0 Å². The first-order valence-corrected chi connectivity index (χ1v) is 5.24. The van der Waals surface area contributed by atoms with Crippen LogP contribution in [0.3, 0.4) is 0 Å². The SMILES string of the molecule is C[C@@H]1CN(C(=O)c2c[nH]c(=O)cn2)CCN1. The Kier molecular flexibility index (Phi) is 3.00. The first-order chi connectivity index (χ1) is 7.66. The summed E-state index contributed by atoms with van der Waals surface area (Å²) in [5.74, 6) is -0.135. The predicted molar refractivity (Wildman–Crippen MR) is 58.2 cm³/mol. The minimum Gasteiger partial charge on any atom is -0.334 e. The highest BCUT2D eigenvalue weighted by Gasteiger charge is 2.22. The third-order valence-electron chi connectivity index (χ3n) is 2.55. The van der Waals surface area contributed by atoms with E-state index in [1.807, 2.05) is 6.92 Å². The molecule has 6 heteroatoms. The molecule has 1 saturated heterocycles. The number of carbonyl (C=O) groups excluding carboxylic acids is 1. The Morgan fingerprint density at radius 3 is 3.06 bits per heavy atom. The summed E-state index contributed by atoms with van der Waals surface area (Å²) in [5.41, 5.74) is -0.0149. The number of rotatable bonds is 1. The summed E-state index contributed by atoms with van der Waals surface area (Å²) in [7, 11) is 0. The molecule has 1 atom stereocenters. The minimum atomic E-state index is -0.301. The van der Waals surface area contributed by atoms with Gasteiger partial charge in [-0.05, 0) is 6.92 Å². The summed E-state index contributed by atoms with van der Waals surface area (Å²) in [5, 5.41) is 3.26. The Morgan fingerprint density at radius 2 is 2.44 bits per heavy atom. The molecule has 6 nitrogen and oxygen atoms in total. The van der Waals surface area contributed by atoms with Crippen molar-refractivity contribution in [2.45, 2.75) is 13.0 Å². The van der Waals surface area contributed by atoms with Crippen LogP contribution < -0.4 is 10.9 Å². The summed E-state index contributed by atoms with van der Waals surface area (Å²) in [6, 6.07) is 0.292. The molecule has 2 N–H and O–H groups in total. The van der Waals surface area contributed by atoms with E-state index in [1.165, 1.54) is 6.20 Å². The molecule has 0 radical (unpaired) electrons. The zero-order chi connectivity index (χ0) is 11.5. The first-order valence-electron chi connectivity index (χ1n) is 5.24. The van der Waals surface area contributed by atoms with Crippen LogP contribution in [0.5, 0.6) is 0 Å². The molecule has 0 unspecified atom stereocenters. The lowest BCUT2D eigenvalue weighted by atomic mass is 10.2. The lowest BCUT2D eigenvalue weighted by Crippen LogP contribution is -2.51. The number of hydrogen-bond donors (Lipinski definition) is 2. The topological polar surface area (TPSA) is 78.1 Å². The number of amides is 1. The molecule has 0 spiro atoms. The zero-order valence-electron chi connectivity index (χ0n) is 9.06. The van der Waals surface area contributed by atoms with Crippen LogP contribution in [-0.4, -0.2) is 46.5 Å². The highest BCUT2D eigenvalue weighted by Crippen LogP contribution is 2.03. The van der Waals surface area contributed by atoms with Crippen molar-refractivity contribution >= 4 is 5.91 Å². The molecule has 1 fully saturated rings. The Morgan fingerprint density at radius 1 is 1.62 bits per heavy atom. The van der Waals surface area contributed by atoms with Crippen LogP contribution in [0, 0.1) is 0 Å². The number of nitrogens with one attached hydrogen (secondary N) is 2. The van der Waals surface area contributed by atoms with E-state index in [1.54, 1.807) is 4.90 Å². The van der Waals surface area contributed by atoms with Crippen LogP contribution in [0.1, 0.15) is 17.4 Å². The Balaban J connectivity index is 2.12. The average Bonchev–Trinajstić information content (AvgIpc) is 2.29. The summed E-state index contributed by atoms with van der Waals surface area (Å²) >= 11 is 0. The molecule has 16 heavy (non-hydrogen) atoms. The third kappa shape index (κ3) is 2.27.